The summed E-state index contributed by atoms with van der Waals surface area (Å²) in [6.07, 6.45) is 4.89. The maximum absolute atomic E-state index is 5.33. The molecule has 0 amide bonds. The van der Waals surface area contributed by atoms with E-state index in [0.717, 1.165) is 12.8 Å². The number of halogens is 4. The molecule has 0 aromatic heterocycles. The zero-order valence-electron chi connectivity index (χ0n) is 5.08. The van der Waals surface area contributed by atoms with Gasteiger partial charge in [0.1, 0.15) is 8.98 Å². The Morgan fingerprint density at radius 3 is 1.30 bits per heavy atom. The predicted octanol–water partition coefficient (Wildman–Crippen LogP) is 4.40. The summed E-state index contributed by atoms with van der Waals surface area (Å²) in [5.41, 5.74) is 0. The van der Waals surface area contributed by atoms with Gasteiger partial charge >= 0.3 is 0 Å². The summed E-state index contributed by atoms with van der Waals surface area (Å²) in [7, 11) is 0. The maximum atomic E-state index is 5.33. The number of hydrogen-bond acceptors (Lipinski definition) is 0. The second-order valence-corrected chi connectivity index (χ2v) is 3.58. The van der Waals surface area contributed by atoms with E-state index >= 15 is 0 Å². The number of unbranched alkanes of at least 4 members (excludes halogenated alkanes) is 1. The van der Waals surface area contributed by atoms with Crippen LogP contribution in [0.15, 0.2) is 21.1 Å². The van der Waals surface area contributed by atoms with Gasteiger partial charge in [0.15, 0.2) is 0 Å². The molecule has 0 aromatic rings. The topological polar surface area (TPSA) is 0 Å². The van der Waals surface area contributed by atoms with Crippen LogP contribution in [0.2, 0.25) is 0 Å². The Balaban J connectivity index is 3.39. The van der Waals surface area contributed by atoms with Gasteiger partial charge in [0.2, 0.25) is 0 Å². The molecule has 0 aliphatic rings. The molecular formula is C6H6Cl4. The number of rotatable bonds is 3. The molecule has 0 atom stereocenters. The van der Waals surface area contributed by atoms with Gasteiger partial charge < -0.3 is 0 Å². The Labute approximate surface area is 80.4 Å². The fraction of sp³-hybridized carbons (Fsp3) is 0.333. The van der Waals surface area contributed by atoms with Crippen LogP contribution in [0.1, 0.15) is 12.8 Å². The summed E-state index contributed by atoms with van der Waals surface area (Å²) in [5, 5.41) is 0. The van der Waals surface area contributed by atoms with Crippen molar-refractivity contribution in [3.63, 3.8) is 0 Å². The molecule has 0 nitrogen and oxygen atoms in total. The molecule has 58 valence electrons. The predicted molar refractivity (Wildman–Crippen MR) is 48.8 cm³/mol. The second kappa shape index (κ2) is 6.36. The van der Waals surface area contributed by atoms with Crippen molar-refractivity contribution in [1.29, 1.82) is 0 Å². The molecule has 0 rings (SSSR count). The smallest absolute Gasteiger partial charge is 0.0712 e. The highest BCUT2D eigenvalue weighted by molar-refractivity contribution is 6.56. The minimum absolute atomic E-state index is 0.277. The highest BCUT2D eigenvalue weighted by Gasteiger charge is 1.84. The molecule has 0 saturated carbocycles. The SMILES string of the molecule is ClC(Cl)=CCCC=C(Cl)Cl. The van der Waals surface area contributed by atoms with Crippen molar-refractivity contribution >= 4 is 46.4 Å². The second-order valence-electron chi connectivity index (χ2n) is 1.56. The van der Waals surface area contributed by atoms with Crippen LogP contribution in [-0.4, -0.2) is 0 Å². The highest BCUT2D eigenvalue weighted by Crippen LogP contribution is 2.12. The number of allylic oxidation sites excluding steroid dienone is 2. The summed E-state index contributed by atoms with van der Waals surface area (Å²) in [6, 6.07) is 0. The summed E-state index contributed by atoms with van der Waals surface area (Å²) >= 11 is 21.3. The normalized spacial score (nSPS) is 8.80. The lowest BCUT2D eigenvalue weighted by atomic mass is 10.3. The third-order valence-corrected chi connectivity index (χ3v) is 1.38. The molecular weight excluding hydrogens is 214 g/mol. The van der Waals surface area contributed by atoms with Crippen molar-refractivity contribution in [3.8, 4) is 0 Å². The molecule has 0 saturated heterocycles. The van der Waals surface area contributed by atoms with Crippen LogP contribution < -0.4 is 0 Å². The van der Waals surface area contributed by atoms with Gasteiger partial charge in [-0.05, 0) is 12.8 Å². The van der Waals surface area contributed by atoms with Crippen molar-refractivity contribution < 1.29 is 0 Å². The molecule has 0 aliphatic carbocycles. The minimum atomic E-state index is 0.277. The van der Waals surface area contributed by atoms with Gasteiger partial charge in [0.05, 0.1) is 0 Å². The first-order valence-electron chi connectivity index (χ1n) is 2.65. The van der Waals surface area contributed by atoms with Gasteiger partial charge in [0.25, 0.3) is 0 Å². The average Bonchev–Trinajstić information content (AvgIpc) is 1.79. The summed E-state index contributed by atoms with van der Waals surface area (Å²) in [4.78, 5) is 0. The largest absolute Gasteiger partial charge is 0.102 e. The molecule has 0 N–H and O–H groups in total. The average molecular weight is 220 g/mol. The van der Waals surface area contributed by atoms with Crippen LogP contribution in [0.3, 0.4) is 0 Å². The Hall–Kier alpha value is 0.640. The van der Waals surface area contributed by atoms with Gasteiger partial charge in [-0.3, -0.25) is 0 Å². The fourth-order valence-electron chi connectivity index (χ4n) is 0.385. The first kappa shape index (κ1) is 10.6. The van der Waals surface area contributed by atoms with Crippen LogP contribution in [-0.2, 0) is 0 Å². The number of hydrogen-bond donors (Lipinski definition) is 0. The highest BCUT2D eigenvalue weighted by atomic mass is 35.5. The van der Waals surface area contributed by atoms with Gasteiger partial charge in [-0.15, -0.1) is 0 Å². The van der Waals surface area contributed by atoms with E-state index in [1.165, 1.54) is 0 Å². The van der Waals surface area contributed by atoms with E-state index in [0.29, 0.717) is 0 Å². The first-order chi connectivity index (χ1) is 4.63. The van der Waals surface area contributed by atoms with Gasteiger partial charge in [-0.2, -0.15) is 0 Å². The molecule has 4 heteroatoms. The van der Waals surface area contributed by atoms with E-state index in [-0.39, 0.29) is 8.98 Å². The van der Waals surface area contributed by atoms with Crippen LogP contribution in [0.5, 0.6) is 0 Å². The van der Waals surface area contributed by atoms with Crippen molar-refractivity contribution in [2.75, 3.05) is 0 Å². The quantitative estimate of drug-likeness (QED) is 0.618. The van der Waals surface area contributed by atoms with E-state index in [2.05, 4.69) is 0 Å². The van der Waals surface area contributed by atoms with E-state index in [4.69, 9.17) is 46.4 Å². The molecule has 0 unspecified atom stereocenters. The first-order valence-corrected chi connectivity index (χ1v) is 4.16. The Morgan fingerprint density at radius 1 is 0.800 bits per heavy atom. The molecule has 0 aromatic carbocycles. The zero-order chi connectivity index (χ0) is 7.98. The Kier molecular flexibility index (Phi) is 6.76. The lowest BCUT2D eigenvalue weighted by Crippen LogP contribution is -1.64. The van der Waals surface area contributed by atoms with Crippen LogP contribution >= 0.6 is 46.4 Å². The monoisotopic (exact) mass is 218 g/mol. The summed E-state index contributed by atoms with van der Waals surface area (Å²) < 4.78 is 0.554. The summed E-state index contributed by atoms with van der Waals surface area (Å²) in [6.45, 7) is 0. The molecule has 0 aliphatic heterocycles. The molecule has 0 radical (unpaired) electrons. The fourth-order valence-corrected chi connectivity index (χ4v) is 0.821. The van der Waals surface area contributed by atoms with E-state index in [9.17, 15) is 0 Å². The van der Waals surface area contributed by atoms with Crippen LogP contribution in [0.4, 0.5) is 0 Å². The lowest BCUT2D eigenvalue weighted by molar-refractivity contribution is 1.05. The van der Waals surface area contributed by atoms with Gasteiger partial charge in [0, 0.05) is 0 Å². The summed E-state index contributed by atoms with van der Waals surface area (Å²) in [5.74, 6) is 0. The third-order valence-electron chi connectivity index (χ3n) is 0.764. The van der Waals surface area contributed by atoms with Crippen molar-refractivity contribution in [2.45, 2.75) is 12.8 Å². The third kappa shape index (κ3) is 8.64. The van der Waals surface area contributed by atoms with Crippen molar-refractivity contribution in [3.05, 3.63) is 21.1 Å². The Morgan fingerprint density at radius 2 is 1.10 bits per heavy atom. The van der Waals surface area contributed by atoms with E-state index in [1.54, 1.807) is 12.2 Å². The Bertz CT molecular complexity index is 122. The molecule has 0 spiro atoms. The molecule has 0 heterocycles. The lowest BCUT2D eigenvalue weighted by Gasteiger charge is -1.86. The minimum Gasteiger partial charge on any atom is -0.0712 e. The van der Waals surface area contributed by atoms with E-state index in [1.807, 2.05) is 0 Å². The van der Waals surface area contributed by atoms with Crippen molar-refractivity contribution in [2.24, 2.45) is 0 Å². The van der Waals surface area contributed by atoms with Crippen LogP contribution in [0, 0.1) is 0 Å². The van der Waals surface area contributed by atoms with Gasteiger partial charge in [-0.1, -0.05) is 58.6 Å². The van der Waals surface area contributed by atoms with Crippen LogP contribution in [0.25, 0.3) is 0 Å². The van der Waals surface area contributed by atoms with Gasteiger partial charge in [-0.25, -0.2) is 0 Å². The van der Waals surface area contributed by atoms with Crippen molar-refractivity contribution in [1.82, 2.24) is 0 Å². The molecule has 0 fully saturated rings. The molecule has 0 bridgehead atoms. The molecule has 10 heavy (non-hydrogen) atoms. The zero-order valence-corrected chi connectivity index (χ0v) is 8.10. The van der Waals surface area contributed by atoms with E-state index < -0.39 is 0 Å². The maximum Gasteiger partial charge on any atom is 0.102 e. The standard InChI is InChI=1S/C6H6Cl4/c7-5(8)3-1-2-4-6(9)10/h3-4H,1-2H2.